The third-order valence-electron chi connectivity index (χ3n) is 1.93. The van der Waals surface area contributed by atoms with Crippen LogP contribution in [0.15, 0.2) is 18.3 Å². The molecule has 0 radical (unpaired) electrons. The van der Waals surface area contributed by atoms with Crippen LogP contribution in [0, 0.1) is 0 Å². The number of hydrogen-bond acceptors (Lipinski definition) is 3. The molecule has 0 fully saturated rings. The van der Waals surface area contributed by atoms with Crippen LogP contribution in [-0.4, -0.2) is 33.6 Å². The Kier molecular flexibility index (Phi) is 5.03. The highest BCUT2D eigenvalue weighted by Gasteiger charge is 2.44. The third kappa shape index (κ3) is 2.91. The lowest BCUT2D eigenvalue weighted by atomic mass is 10.7. The molecule has 1 N–H and O–H groups in total. The Hall–Kier alpha value is -0.623. The lowest BCUT2D eigenvalue weighted by Gasteiger charge is -2.27. The Labute approximate surface area is 91.9 Å². The average Bonchev–Trinajstić information content (AvgIpc) is 2.72. The second-order valence-electron chi connectivity index (χ2n) is 2.94. The zero-order valence-corrected chi connectivity index (χ0v) is 10.6. The average molecular weight is 229 g/mol. The maximum atomic E-state index is 5.72. The highest BCUT2D eigenvalue weighted by molar-refractivity contribution is 6.74. The van der Waals surface area contributed by atoms with E-state index >= 15 is 0 Å². The van der Waals surface area contributed by atoms with Crippen molar-refractivity contribution in [3.8, 4) is 0 Å². The molecule has 5 heteroatoms. The van der Waals surface area contributed by atoms with Crippen LogP contribution >= 0.6 is 0 Å². The van der Waals surface area contributed by atoms with Crippen LogP contribution in [-0.2, 0) is 13.3 Å². The van der Waals surface area contributed by atoms with Crippen molar-refractivity contribution in [1.29, 1.82) is 0 Å². The molecular weight excluding hydrogens is 210 g/mol. The van der Waals surface area contributed by atoms with E-state index in [9.17, 15) is 0 Å². The summed E-state index contributed by atoms with van der Waals surface area (Å²) in [7, 11) is -2.67. The molecule has 0 aliphatic carbocycles. The van der Waals surface area contributed by atoms with Gasteiger partial charge in [-0.15, -0.1) is 0 Å². The van der Waals surface area contributed by atoms with Gasteiger partial charge in [0.25, 0.3) is 0 Å². The lowest BCUT2D eigenvalue weighted by Crippen LogP contribution is -2.57. The summed E-state index contributed by atoms with van der Waals surface area (Å²) in [4.78, 5) is 3.12. The van der Waals surface area contributed by atoms with Crippen LogP contribution in [0.25, 0.3) is 0 Å². The second kappa shape index (κ2) is 6.07. The van der Waals surface area contributed by atoms with Crippen LogP contribution in [0.1, 0.15) is 20.8 Å². The van der Waals surface area contributed by atoms with Gasteiger partial charge in [0.15, 0.2) is 0 Å². The Morgan fingerprint density at radius 1 is 1.07 bits per heavy atom. The molecule has 0 aromatic carbocycles. The standard InChI is InChI=1S/C10H19NO3Si/c1-4-12-15(13-5-2,14-6-3)10-8-7-9-11-10/h7-9,11H,4-6H2,1-3H3. The van der Waals surface area contributed by atoms with Crippen molar-refractivity contribution in [3.63, 3.8) is 0 Å². The number of rotatable bonds is 7. The predicted molar refractivity (Wildman–Crippen MR) is 61.1 cm³/mol. The SMILES string of the molecule is CCO[Si](OCC)(OCC)c1ccc[nH]1. The highest BCUT2D eigenvalue weighted by atomic mass is 28.4. The monoisotopic (exact) mass is 229 g/mol. The van der Waals surface area contributed by atoms with Crippen LogP contribution in [0.4, 0.5) is 0 Å². The number of nitrogens with one attached hydrogen (secondary N) is 1. The summed E-state index contributed by atoms with van der Waals surface area (Å²) in [5.41, 5.74) is 0. The fourth-order valence-corrected chi connectivity index (χ4v) is 3.87. The van der Waals surface area contributed by atoms with E-state index in [0.29, 0.717) is 19.8 Å². The first kappa shape index (κ1) is 12.4. The minimum atomic E-state index is -2.67. The molecule has 1 aromatic heterocycles. The van der Waals surface area contributed by atoms with E-state index in [1.54, 1.807) is 0 Å². The van der Waals surface area contributed by atoms with Crippen LogP contribution in [0.2, 0.25) is 0 Å². The van der Waals surface area contributed by atoms with Gasteiger partial charge in [-0.3, -0.25) is 0 Å². The van der Waals surface area contributed by atoms with Gasteiger partial charge in [-0.1, -0.05) is 0 Å². The van der Waals surface area contributed by atoms with Gasteiger partial charge in [0.1, 0.15) is 0 Å². The van der Waals surface area contributed by atoms with Crippen molar-refractivity contribution in [2.45, 2.75) is 20.8 Å². The smallest absolute Gasteiger partial charge is 0.369 e. The number of hydrogen-bond donors (Lipinski definition) is 1. The van der Waals surface area contributed by atoms with Gasteiger partial charge < -0.3 is 18.3 Å². The number of H-pyrrole nitrogens is 1. The molecule has 0 atom stereocenters. The van der Waals surface area contributed by atoms with E-state index in [4.69, 9.17) is 13.3 Å². The van der Waals surface area contributed by atoms with Gasteiger partial charge in [0.2, 0.25) is 0 Å². The third-order valence-corrected chi connectivity index (χ3v) is 4.91. The van der Waals surface area contributed by atoms with Gasteiger partial charge in [-0.2, -0.15) is 0 Å². The zero-order valence-electron chi connectivity index (χ0n) is 9.58. The molecule has 1 aromatic rings. The molecule has 0 amide bonds. The first-order valence-corrected chi connectivity index (χ1v) is 7.07. The van der Waals surface area contributed by atoms with Crippen LogP contribution in [0.5, 0.6) is 0 Å². The van der Waals surface area contributed by atoms with Gasteiger partial charge in [0, 0.05) is 26.0 Å². The molecule has 0 aliphatic rings. The molecule has 0 aliphatic heterocycles. The van der Waals surface area contributed by atoms with E-state index in [2.05, 4.69) is 4.98 Å². The Balaban J connectivity index is 2.90. The maximum Gasteiger partial charge on any atom is 0.554 e. The lowest BCUT2D eigenvalue weighted by molar-refractivity contribution is 0.0851. The maximum absolute atomic E-state index is 5.72. The summed E-state index contributed by atoms with van der Waals surface area (Å²) >= 11 is 0. The summed E-state index contributed by atoms with van der Waals surface area (Å²) in [5.74, 6) is 0. The fourth-order valence-electron chi connectivity index (χ4n) is 1.45. The van der Waals surface area contributed by atoms with Crippen molar-refractivity contribution in [2.24, 2.45) is 0 Å². The molecule has 86 valence electrons. The molecule has 0 bridgehead atoms. The van der Waals surface area contributed by atoms with E-state index in [-0.39, 0.29) is 0 Å². The van der Waals surface area contributed by atoms with Crippen molar-refractivity contribution >= 4 is 14.1 Å². The summed E-state index contributed by atoms with van der Waals surface area (Å²) < 4.78 is 17.2. The van der Waals surface area contributed by atoms with Crippen molar-refractivity contribution in [3.05, 3.63) is 18.3 Å². The molecule has 0 saturated carbocycles. The quantitative estimate of drug-likeness (QED) is 0.716. The molecule has 0 saturated heterocycles. The molecular formula is C10H19NO3Si. The second-order valence-corrected chi connectivity index (χ2v) is 5.46. The van der Waals surface area contributed by atoms with Crippen LogP contribution in [0.3, 0.4) is 0 Å². The molecule has 4 nitrogen and oxygen atoms in total. The normalized spacial score (nSPS) is 11.9. The fraction of sp³-hybridized carbons (Fsp3) is 0.600. The molecule has 0 spiro atoms. The van der Waals surface area contributed by atoms with Crippen LogP contribution < -0.4 is 5.32 Å². The Morgan fingerprint density at radius 3 is 1.93 bits per heavy atom. The molecule has 1 heterocycles. The van der Waals surface area contributed by atoms with E-state index in [0.717, 1.165) is 5.32 Å². The summed E-state index contributed by atoms with van der Waals surface area (Å²) in [6.45, 7) is 7.61. The van der Waals surface area contributed by atoms with Gasteiger partial charge in [0.05, 0.1) is 5.32 Å². The number of aromatic nitrogens is 1. The zero-order chi connectivity index (χ0) is 11.1. The first-order valence-electron chi connectivity index (χ1n) is 5.34. The first-order chi connectivity index (χ1) is 7.29. The van der Waals surface area contributed by atoms with Gasteiger partial charge in [-0.05, 0) is 32.9 Å². The van der Waals surface area contributed by atoms with E-state index < -0.39 is 8.80 Å². The van der Waals surface area contributed by atoms with Crippen molar-refractivity contribution < 1.29 is 13.3 Å². The van der Waals surface area contributed by atoms with E-state index in [1.807, 2.05) is 39.1 Å². The highest BCUT2D eigenvalue weighted by Crippen LogP contribution is 2.09. The van der Waals surface area contributed by atoms with Gasteiger partial charge in [-0.25, -0.2) is 0 Å². The van der Waals surface area contributed by atoms with Crippen molar-refractivity contribution in [2.75, 3.05) is 19.8 Å². The summed E-state index contributed by atoms with van der Waals surface area (Å²) in [5, 5.41) is 0.924. The Morgan fingerprint density at radius 2 is 1.60 bits per heavy atom. The minimum Gasteiger partial charge on any atom is -0.369 e. The largest absolute Gasteiger partial charge is 0.554 e. The minimum absolute atomic E-state index is 0.589. The Bertz CT molecular complexity index is 247. The van der Waals surface area contributed by atoms with Gasteiger partial charge >= 0.3 is 8.80 Å². The topological polar surface area (TPSA) is 43.5 Å². The molecule has 0 unspecified atom stereocenters. The summed E-state index contributed by atoms with van der Waals surface area (Å²) in [6, 6.07) is 3.88. The van der Waals surface area contributed by atoms with Crippen molar-refractivity contribution in [1.82, 2.24) is 4.98 Å². The number of aromatic amines is 1. The summed E-state index contributed by atoms with van der Waals surface area (Å²) in [6.07, 6.45) is 1.86. The molecule has 1 rings (SSSR count). The van der Waals surface area contributed by atoms with E-state index in [1.165, 1.54) is 0 Å². The molecule has 15 heavy (non-hydrogen) atoms. The predicted octanol–water partition coefficient (Wildman–Crippen LogP) is 1.27.